The van der Waals surface area contributed by atoms with Crippen LogP contribution < -0.4 is 14.4 Å². The van der Waals surface area contributed by atoms with Gasteiger partial charge in [-0.05, 0) is 62.7 Å². The van der Waals surface area contributed by atoms with Crippen LogP contribution in [0.15, 0.2) is 66.9 Å². The highest BCUT2D eigenvalue weighted by molar-refractivity contribution is 5.94. The molecule has 0 radical (unpaired) electrons. The summed E-state index contributed by atoms with van der Waals surface area (Å²) in [5, 5.41) is 0. The summed E-state index contributed by atoms with van der Waals surface area (Å²) in [6, 6.07) is 19.5. The van der Waals surface area contributed by atoms with E-state index in [9.17, 15) is 4.79 Å². The number of nitrogens with zero attached hydrogens (tertiary/aromatic N) is 3. The van der Waals surface area contributed by atoms with Gasteiger partial charge in [0, 0.05) is 44.5 Å². The molecule has 184 valence electrons. The van der Waals surface area contributed by atoms with Crippen molar-refractivity contribution in [1.29, 1.82) is 0 Å². The molecule has 3 aromatic rings. The maximum absolute atomic E-state index is 12.6. The number of methoxy groups -OCH3 is 1. The quantitative estimate of drug-likeness (QED) is 0.396. The largest absolute Gasteiger partial charge is 0.497 e. The van der Waals surface area contributed by atoms with Crippen LogP contribution in [0.1, 0.15) is 36.2 Å². The lowest BCUT2D eigenvalue weighted by Gasteiger charge is -2.27. The van der Waals surface area contributed by atoms with Crippen LogP contribution in [0.25, 0.3) is 0 Å². The van der Waals surface area contributed by atoms with Crippen molar-refractivity contribution in [1.82, 2.24) is 9.88 Å². The van der Waals surface area contributed by atoms with Gasteiger partial charge in [0.15, 0.2) is 0 Å². The summed E-state index contributed by atoms with van der Waals surface area (Å²) < 4.78 is 16.8. The molecular formula is C28H33N3O4. The Morgan fingerprint density at radius 3 is 2.57 bits per heavy atom. The van der Waals surface area contributed by atoms with E-state index >= 15 is 0 Å². The number of pyridine rings is 1. The van der Waals surface area contributed by atoms with Crippen LogP contribution in [-0.4, -0.2) is 55.2 Å². The van der Waals surface area contributed by atoms with Gasteiger partial charge < -0.3 is 19.1 Å². The lowest BCUT2D eigenvalue weighted by molar-refractivity contribution is 0.0378. The normalized spacial score (nSPS) is 15.7. The Kier molecular flexibility index (Phi) is 7.87. The zero-order valence-corrected chi connectivity index (χ0v) is 20.8. The van der Waals surface area contributed by atoms with Crippen LogP contribution in [0.2, 0.25) is 0 Å². The minimum atomic E-state index is -0.339. The Morgan fingerprint density at radius 1 is 1.09 bits per heavy atom. The first kappa shape index (κ1) is 24.5. The molecule has 1 atom stereocenters. The van der Waals surface area contributed by atoms with Crippen molar-refractivity contribution < 1.29 is 19.0 Å². The van der Waals surface area contributed by atoms with E-state index in [1.807, 2.05) is 63.4 Å². The fraction of sp³-hybridized carbons (Fsp3) is 0.357. The molecule has 7 heteroatoms. The molecule has 1 saturated heterocycles. The average Bonchev–Trinajstić information content (AvgIpc) is 3.33. The fourth-order valence-electron chi connectivity index (χ4n) is 4.31. The van der Waals surface area contributed by atoms with E-state index in [2.05, 4.69) is 20.9 Å². The number of likely N-dealkylation sites (N-methyl/N-ethyl adjacent to an activating group) is 1. The molecule has 1 aliphatic rings. The van der Waals surface area contributed by atoms with Gasteiger partial charge in [0.2, 0.25) is 0 Å². The summed E-state index contributed by atoms with van der Waals surface area (Å²) >= 11 is 0. The zero-order valence-electron chi connectivity index (χ0n) is 20.8. The maximum atomic E-state index is 12.6. The van der Waals surface area contributed by atoms with Crippen molar-refractivity contribution in [3.05, 3.63) is 78.0 Å². The van der Waals surface area contributed by atoms with Crippen molar-refractivity contribution in [2.45, 2.75) is 39.0 Å². The first-order chi connectivity index (χ1) is 16.9. The van der Waals surface area contributed by atoms with Gasteiger partial charge in [-0.25, -0.2) is 9.78 Å². The summed E-state index contributed by atoms with van der Waals surface area (Å²) in [4.78, 5) is 21.6. The smallest absolute Gasteiger partial charge is 0.342 e. The van der Waals surface area contributed by atoms with Crippen LogP contribution in [0.3, 0.4) is 0 Å². The van der Waals surface area contributed by atoms with Gasteiger partial charge in [-0.3, -0.25) is 4.90 Å². The Balaban J connectivity index is 1.43. The molecule has 0 amide bonds. The predicted octanol–water partition coefficient (Wildman–Crippen LogP) is 5.16. The van der Waals surface area contributed by atoms with Gasteiger partial charge in [-0.1, -0.05) is 18.2 Å². The van der Waals surface area contributed by atoms with E-state index in [0.29, 0.717) is 11.4 Å². The SMILES string of the molecule is COc1ccc(Oc2ccccc2CN2CC[C@H](N(C)c3ncccc3C(=O)OC(C)C)C2)cc1. The summed E-state index contributed by atoms with van der Waals surface area (Å²) in [6.45, 7) is 6.29. The molecule has 0 saturated carbocycles. The number of carbonyl (C=O) groups is 1. The highest BCUT2D eigenvalue weighted by Crippen LogP contribution is 2.30. The van der Waals surface area contributed by atoms with Crippen LogP contribution in [-0.2, 0) is 11.3 Å². The fourth-order valence-corrected chi connectivity index (χ4v) is 4.31. The average molecular weight is 476 g/mol. The van der Waals surface area contributed by atoms with E-state index < -0.39 is 0 Å². The van der Waals surface area contributed by atoms with Gasteiger partial charge in [0.25, 0.3) is 0 Å². The Hall–Kier alpha value is -3.58. The number of likely N-dealkylation sites (tertiary alicyclic amines) is 1. The van der Waals surface area contributed by atoms with Crippen molar-refractivity contribution >= 4 is 11.8 Å². The van der Waals surface area contributed by atoms with Crippen molar-refractivity contribution in [3.63, 3.8) is 0 Å². The number of hydrogen-bond acceptors (Lipinski definition) is 7. The third kappa shape index (κ3) is 6.11. The molecule has 2 heterocycles. The number of para-hydroxylation sites is 1. The molecule has 1 aliphatic heterocycles. The van der Waals surface area contributed by atoms with Gasteiger partial charge in [-0.2, -0.15) is 0 Å². The van der Waals surface area contributed by atoms with Gasteiger partial charge in [0.1, 0.15) is 28.6 Å². The highest BCUT2D eigenvalue weighted by atomic mass is 16.5. The molecule has 1 fully saturated rings. The number of anilines is 1. The minimum Gasteiger partial charge on any atom is -0.497 e. The van der Waals surface area contributed by atoms with E-state index in [1.54, 1.807) is 25.4 Å². The topological polar surface area (TPSA) is 64.1 Å². The summed E-state index contributed by atoms with van der Waals surface area (Å²) in [7, 11) is 3.65. The molecule has 7 nitrogen and oxygen atoms in total. The molecular weight excluding hydrogens is 442 g/mol. The van der Waals surface area contributed by atoms with Crippen LogP contribution in [0.4, 0.5) is 5.82 Å². The Morgan fingerprint density at radius 2 is 1.83 bits per heavy atom. The molecule has 2 aromatic carbocycles. The lowest BCUT2D eigenvalue weighted by atomic mass is 10.2. The Bertz CT molecular complexity index is 1130. The van der Waals surface area contributed by atoms with Crippen LogP contribution in [0.5, 0.6) is 17.2 Å². The zero-order chi connectivity index (χ0) is 24.8. The highest BCUT2D eigenvalue weighted by Gasteiger charge is 2.29. The van der Waals surface area contributed by atoms with Gasteiger partial charge in [0.05, 0.1) is 13.2 Å². The monoisotopic (exact) mass is 475 g/mol. The van der Waals surface area contributed by atoms with E-state index in [-0.39, 0.29) is 18.1 Å². The number of carbonyl (C=O) groups excluding carboxylic acids is 1. The number of benzene rings is 2. The maximum Gasteiger partial charge on any atom is 0.342 e. The molecule has 0 spiro atoms. The number of hydrogen-bond donors (Lipinski definition) is 0. The predicted molar refractivity (Wildman–Crippen MR) is 136 cm³/mol. The number of esters is 1. The Labute approximate surface area is 207 Å². The van der Waals surface area contributed by atoms with Gasteiger partial charge in [-0.15, -0.1) is 0 Å². The molecule has 4 rings (SSSR count). The third-order valence-corrected chi connectivity index (χ3v) is 6.13. The van der Waals surface area contributed by atoms with E-state index in [1.165, 1.54) is 0 Å². The van der Waals surface area contributed by atoms with E-state index in [4.69, 9.17) is 14.2 Å². The van der Waals surface area contributed by atoms with Crippen molar-refractivity contribution in [2.75, 3.05) is 32.1 Å². The second-order valence-electron chi connectivity index (χ2n) is 9.00. The minimum absolute atomic E-state index is 0.178. The second kappa shape index (κ2) is 11.2. The molecule has 0 aliphatic carbocycles. The first-order valence-electron chi connectivity index (χ1n) is 12.0. The van der Waals surface area contributed by atoms with Crippen molar-refractivity contribution in [3.8, 4) is 17.2 Å². The van der Waals surface area contributed by atoms with Crippen molar-refractivity contribution in [2.24, 2.45) is 0 Å². The van der Waals surface area contributed by atoms with Crippen LogP contribution >= 0.6 is 0 Å². The first-order valence-corrected chi connectivity index (χ1v) is 12.0. The number of ether oxygens (including phenoxy) is 3. The lowest BCUT2D eigenvalue weighted by Crippen LogP contribution is -2.36. The summed E-state index contributed by atoms with van der Waals surface area (Å²) in [5.41, 5.74) is 1.63. The van der Waals surface area contributed by atoms with Gasteiger partial charge >= 0.3 is 5.97 Å². The number of aromatic nitrogens is 1. The molecule has 0 N–H and O–H groups in total. The molecule has 1 aromatic heterocycles. The second-order valence-corrected chi connectivity index (χ2v) is 9.00. The molecule has 0 unspecified atom stereocenters. The molecule has 0 bridgehead atoms. The van der Waals surface area contributed by atoms with Crippen LogP contribution in [0, 0.1) is 0 Å². The standard InChI is InChI=1S/C28H33N3O4/c1-20(2)34-28(32)25-9-7-16-29-27(25)30(3)22-15-17-31(19-22)18-21-8-5-6-10-26(21)35-24-13-11-23(33-4)12-14-24/h5-14,16,20,22H,15,17-19H2,1-4H3/t22-/m0/s1. The number of rotatable bonds is 9. The molecule has 35 heavy (non-hydrogen) atoms. The summed E-state index contributed by atoms with van der Waals surface area (Å²) in [6.07, 6.45) is 2.52. The summed E-state index contributed by atoms with van der Waals surface area (Å²) in [5.74, 6) is 2.74. The van der Waals surface area contributed by atoms with E-state index in [0.717, 1.165) is 48.9 Å². The third-order valence-electron chi connectivity index (χ3n) is 6.13.